The van der Waals surface area contributed by atoms with E-state index in [4.69, 9.17) is 10.2 Å². The molecule has 0 aromatic rings. The summed E-state index contributed by atoms with van der Waals surface area (Å²) in [7, 11) is -2.83. The van der Waals surface area contributed by atoms with Gasteiger partial charge in [0.15, 0.2) is 6.04 Å². The first-order chi connectivity index (χ1) is 5.93. The molecule has 10 heteroatoms. The third kappa shape index (κ3) is 12.5. The molecule has 0 fully saturated rings. The fraction of sp³-hybridized carbons (Fsp3) is 0.600. The second-order valence-corrected chi connectivity index (χ2v) is 2.75. The zero-order chi connectivity index (χ0) is 10.4. The first-order valence-electron chi connectivity index (χ1n) is 3.18. The third-order valence-corrected chi connectivity index (χ3v) is 1.56. The summed E-state index contributed by atoms with van der Waals surface area (Å²) in [6.07, 6.45) is -0.768. The number of rotatable bonds is 5. The van der Waals surface area contributed by atoms with Crippen molar-refractivity contribution in [3.05, 3.63) is 0 Å². The van der Waals surface area contributed by atoms with E-state index in [0.29, 0.717) is 0 Å². The van der Waals surface area contributed by atoms with Crippen LogP contribution in [0, 0.1) is 0 Å². The molecule has 7 nitrogen and oxygen atoms in total. The van der Waals surface area contributed by atoms with E-state index < -0.39 is 34.9 Å². The Labute approximate surface area is 132 Å². The summed E-state index contributed by atoms with van der Waals surface area (Å²) in [6.45, 7) is 0. The van der Waals surface area contributed by atoms with Crippen LogP contribution in [-0.4, -0.2) is 95.7 Å². The SMILES string of the molecule is O=C(O)CC[C@H](N=S(=O)=O)C(=O)O.[Na].[Na]. The standard InChI is InChI=1S/C5H7NO6S.2Na/c7-4(8)2-1-3(5(9)10)6-13(11)12;;/h3H,1-2H2,(H,7,8)(H,9,10);;/t3-;;/m0../s1. The molecule has 76 valence electrons. The van der Waals surface area contributed by atoms with Crippen LogP contribution in [-0.2, 0) is 20.1 Å². The second kappa shape index (κ2) is 11.1. The molecular formula is C5H7NNa2O6S. The fourth-order valence-electron chi connectivity index (χ4n) is 0.585. The van der Waals surface area contributed by atoms with Crippen LogP contribution in [0.25, 0.3) is 0 Å². The van der Waals surface area contributed by atoms with Gasteiger partial charge in [-0.2, -0.15) is 12.8 Å². The number of aliphatic carboxylic acids is 2. The minimum atomic E-state index is -2.83. The Morgan fingerprint density at radius 2 is 1.67 bits per heavy atom. The first kappa shape index (κ1) is 20.9. The molecular weight excluding hydrogens is 248 g/mol. The van der Waals surface area contributed by atoms with E-state index in [0.717, 1.165) is 0 Å². The maximum atomic E-state index is 10.3. The van der Waals surface area contributed by atoms with Crippen LogP contribution in [0.5, 0.6) is 0 Å². The van der Waals surface area contributed by atoms with Crippen molar-refractivity contribution >= 4 is 81.6 Å². The predicted octanol–water partition coefficient (Wildman–Crippen LogP) is -1.39. The van der Waals surface area contributed by atoms with Gasteiger partial charge in [0.1, 0.15) is 0 Å². The van der Waals surface area contributed by atoms with Crippen LogP contribution >= 0.6 is 0 Å². The number of carboxylic acids is 2. The van der Waals surface area contributed by atoms with Gasteiger partial charge in [0.05, 0.1) is 0 Å². The minimum Gasteiger partial charge on any atom is -0.481 e. The van der Waals surface area contributed by atoms with Crippen molar-refractivity contribution < 1.29 is 28.2 Å². The van der Waals surface area contributed by atoms with Gasteiger partial charge in [-0.25, -0.2) is 4.79 Å². The number of carbonyl (C=O) groups is 2. The van der Waals surface area contributed by atoms with E-state index in [9.17, 15) is 18.0 Å². The zero-order valence-corrected chi connectivity index (χ0v) is 13.2. The van der Waals surface area contributed by atoms with Gasteiger partial charge >= 0.3 is 22.4 Å². The Hall–Kier alpha value is 0.560. The normalized spacial score (nSPS) is 10.1. The Balaban J connectivity index is -0.000000720. The molecule has 0 spiro atoms. The van der Waals surface area contributed by atoms with Gasteiger partial charge in [-0.3, -0.25) is 4.79 Å². The molecule has 0 saturated heterocycles. The van der Waals surface area contributed by atoms with E-state index >= 15 is 0 Å². The van der Waals surface area contributed by atoms with Gasteiger partial charge in [-0.1, -0.05) is 0 Å². The van der Waals surface area contributed by atoms with Gasteiger partial charge in [0, 0.05) is 65.5 Å². The largest absolute Gasteiger partial charge is 0.481 e. The summed E-state index contributed by atoms with van der Waals surface area (Å²) in [4.78, 5) is 20.3. The molecule has 0 aromatic carbocycles. The molecule has 0 aliphatic carbocycles. The van der Waals surface area contributed by atoms with Crippen LogP contribution in [0.4, 0.5) is 0 Å². The molecule has 0 aliphatic rings. The van der Waals surface area contributed by atoms with E-state index in [1.807, 2.05) is 0 Å². The molecule has 0 aliphatic heterocycles. The van der Waals surface area contributed by atoms with Crippen LogP contribution in [0.2, 0.25) is 0 Å². The van der Waals surface area contributed by atoms with Crippen molar-refractivity contribution in [2.45, 2.75) is 18.9 Å². The molecule has 2 radical (unpaired) electrons. The van der Waals surface area contributed by atoms with E-state index in [2.05, 4.69) is 4.36 Å². The number of nitrogens with zero attached hydrogens (tertiary/aromatic N) is 1. The van der Waals surface area contributed by atoms with Gasteiger partial charge in [-0.15, -0.1) is 0 Å². The third-order valence-electron chi connectivity index (χ3n) is 1.13. The average molecular weight is 255 g/mol. The summed E-state index contributed by atoms with van der Waals surface area (Å²) in [5.74, 6) is -2.65. The van der Waals surface area contributed by atoms with Crippen molar-refractivity contribution in [1.82, 2.24) is 0 Å². The van der Waals surface area contributed by atoms with Gasteiger partial charge in [0.2, 0.25) is 0 Å². The Morgan fingerprint density at radius 3 is 1.93 bits per heavy atom. The topological polar surface area (TPSA) is 121 Å². The maximum absolute atomic E-state index is 10.3. The first-order valence-corrected chi connectivity index (χ1v) is 4.21. The van der Waals surface area contributed by atoms with Gasteiger partial charge < -0.3 is 10.2 Å². The average Bonchev–Trinajstić information content (AvgIpc) is 1.96. The van der Waals surface area contributed by atoms with Crippen molar-refractivity contribution in [3.8, 4) is 0 Å². The summed E-state index contributed by atoms with van der Waals surface area (Å²) in [6, 6.07) is -1.51. The zero-order valence-electron chi connectivity index (χ0n) is 8.37. The number of carboxylic acid groups (broad SMARTS) is 2. The predicted molar refractivity (Wildman–Crippen MR) is 51.1 cm³/mol. The van der Waals surface area contributed by atoms with Crippen molar-refractivity contribution in [1.29, 1.82) is 0 Å². The molecule has 0 unspecified atom stereocenters. The van der Waals surface area contributed by atoms with Crippen LogP contribution in [0.3, 0.4) is 0 Å². The van der Waals surface area contributed by atoms with Gasteiger partial charge in [0.25, 0.3) is 0 Å². The molecule has 15 heavy (non-hydrogen) atoms. The van der Waals surface area contributed by atoms with E-state index in [-0.39, 0.29) is 65.5 Å². The molecule has 0 bridgehead atoms. The van der Waals surface area contributed by atoms with Gasteiger partial charge in [-0.05, 0) is 6.42 Å². The molecule has 0 amide bonds. The van der Waals surface area contributed by atoms with Crippen LogP contribution < -0.4 is 0 Å². The van der Waals surface area contributed by atoms with Crippen molar-refractivity contribution in [2.24, 2.45) is 4.36 Å². The molecule has 0 rings (SSSR count). The summed E-state index contributed by atoms with van der Waals surface area (Å²) < 4.78 is 22.8. The number of hydrogen-bond donors (Lipinski definition) is 2. The second-order valence-electron chi connectivity index (χ2n) is 2.11. The maximum Gasteiger partial charge on any atom is 0.329 e. The summed E-state index contributed by atoms with van der Waals surface area (Å²) in [5, 5.41) is 16.6. The Bertz CT molecular complexity index is 331. The number of hydrogen-bond acceptors (Lipinski definition) is 5. The van der Waals surface area contributed by atoms with Crippen LogP contribution in [0.15, 0.2) is 4.36 Å². The van der Waals surface area contributed by atoms with E-state index in [1.165, 1.54) is 0 Å². The smallest absolute Gasteiger partial charge is 0.329 e. The van der Waals surface area contributed by atoms with Crippen LogP contribution in [0.1, 0.15) is 12.8 Å². The van der Waals surface area contributed by atoms with E-state index in [1.54, 1.807) is 0 Å². The molecule has 0 heterocycles. The Kier molecular flexibility index (Phi) is 15.4. The monoisotopic (exact) mass is 255 g/mol. The fourth-order valence-corrected chi connectivity index (χ4v) is 0.989. The molecule has 0 aromatic heterocycles. The van der Waals surface area contributed by atoms with Crippen molar-refractivity contribution in [2.75, 3.05) is 0 Å². The molecule has 1 atom stereocenters. The Morgan fingerprint density at radius 1 is 1.20 bits per heavy atom. The molecule has 0 saturated carbocycles. The summed E-state index contributed by atoms with van der Waals surface area (Å²) in [5.41, 5.74) is 0. The molecule has 2 N–H and O–H groups in total. The summed E-state index contributed by atoms with van der Waals surface area (Å²) >= 11 is 0. The quantitative estimate of drug-likeness (QED) is 0.583. The van der Waals surface area contributed by atoms with Crippen molar-refractivity contribution in [3.63, 3.8) is 0 Å². The minimum absolute atomic E-state index is 0.